The number of aliphatic hydroxyl groups excluding tert-OH is 1. The predicted octanol–water partition coefficient (Wildman–Crippen LogP) is 4.53. The zero-order valence-electron chi connectivity index (χ0n) is 17.3. The number of fused-ring (bicyclic) bond motifs is 1. The van der Waals surface area contributed by atoms with Gasteiger partial charge < -0.3 is 24.3 Å². The molecular weight excluding hydrogens is 398 g/mol. The first kappa shape index (κ1) is 20.5. The zero-order chi connectivity index (χ0) is 22.1. The van der Waals surface area contributed by atoms with Crippen molar-refractivity contribution in [3.63, 3.8) is 0 Å². The van der Waals surface area contributed by atoms with Crippen LogP contribution < -0.4 is 4.74 Å². The topological polar surface area (TPSA) is 100 Å². The number of hydrogen-bond acceptors (Lipinski definition) is 6. The molecular formula is C24H23NO6. The Balaban J connectivity index is 1.82. The van der Waals surface area contributed by atoms with Gasteiger partial charge >= 0.3 is 0 Å². The average Bonchev–Trinajstić information content (AvgIpc) is 3.30. The lowest BCUT2D eigenvalue weighted by Gasteiger charge is -2.26. The number of phenolic OH excluding ortho intramolecular Hbond substituents is 1. The van der Waals surface area contributed by atoms with E-state index in [9.17, 15) is 19.8 Å². The number of rotatable bonds is 7. The van der Waals surface area contributed by atoms with Crippen LogP contribution >= 0.6 is 0 Å². The van der Waals surface area contributed by atoms with Crippen molar-refractivity contribution in [3.8, 4) is 11.5 Å². The third kappa shape index (κ3) is 3.52. The fourth-order valence-corrected chi connectivity index (χ4v) is 3.90. The van der Waals surface area contributed by atoms with Crippen LogP contribution in [0.2, 0.25) is 0 Å². The van der Waals surface area contributed by atoms with Crippen molar-refractivity contribution < 1.29 is 29.0 Å². The summed E-state index contributed by atoms with van der Waals surface area (Å²) in [4.78, 5) is 27.7. The number of furan rings is 1. The Morgan fingerprint density at radius 2 is 1.90 bits per heavy atom. The maximum atomic E-state index is 13.4. The summed E-state index contributed by atoms with van der Waals surface area (Å²) in [7, 11) is 0. The van der Waals surface area contributed by atoms with Crippen LogP contribution in [0.3, 0.4) is 0 Å². The van der Waals surface area contributed by atoms with Crippen LogP contribution in [-0.2, 0) is 4.79 Å². The molecule has 1 amide bonds. The van der Waals surface area contributed by atoms with Crippen molar-refractivity contribution in [1.82, 2.24) is 4.90 Å². The molecule has 2 aromatic carbocycles. The molecule has 1 aromatic heterocycles. The third-order valence-electron chi connectivity index (χ3n) is 5.26. The largest absolute Gasteiger partial charge is 0.504 e. The molecule has 0 saturated carbocycles. The van der Waals surface area contributed by atoms with E-state index >= 15 is 0 Å². The quantitative estimate of drug-likeness (QED) is 0.544. The van der Waals surface area contributed by atoms with E-state index in [1.807, 2.05) is 19.1 Å². The highest BCUT2D eigenvalue weighted by Crippen LogP contribution is 2.42. The highest BCUT2D eigenvalue weighted by atomic mass is 16.5. The molecule has 0 bridgehead atoms. The van der Waals surface area contributed by atoms with E-state index in [0.29, 0.717) is 30.7 Å². The molecule has 31 heavy (non-hydrogen) atoms. The van der Waals surface area contributed by atoms with E-state index in [2.05, 4.69) is 0 Å². The lowest BCUT2D eigenvalue weighted by atomic mass is 9.94. The minimum atomic E-state index is -0.826. The first-order valence-electron chi connectivity index (χ1n) is 10.2. The molecule has 3 aromatic rings. The number of carbonyl (C=O) groups excluding carboxylic acids is 2. The molecule has 7 heteroatoms. The molecule has 0 fully saturated rings. The summed E-state index contributed by atoms with van der Waals surface area (Å²) in [6.45, 7) is 4.38. The van der Waals surface area contributed by atoms with Gasteiger partial charge in [-0.25, -0.2) is 0 Å². The minimum absolute atomic E-state index is 0.0442. The van der Waals surface area contributed by atoms with Crippen LogP contribution in [0.1, 0.15) is 42.4 Å². The predicted molar refractivity (Wildman–Crippen MR) is 114 cm³/mol. The second-order valence-electron chi connectivity index (χ2n) is 7.30. The molecule has 1 unspecified atom stereocenters. The lowest BCUT2D eigenvalue weighted by Crippen LogP contribution is -2.31. The van der Waals surface area contributed by atoms with Gasteiger partial charge in [-0.1, -0.05) is 31.2 Å². The van der Waals surface area contributed by atoms with Crippen molar-refractivity contribution in [3.05, 3.63) is 71.2 Å². The molecule has 1 atom stereocenters. The smallest absolute Gasteiger partial charge is 0.290 e. The Hall–Kier alpha value is -3.74. The van der Waals surface area contributed by atoms with Gasteiger partial charge in [0, 0.05) is 11.9 Å². The number of amides is 1. The molecule has 7 nitrogen and oxygen atoms in total. The van der Waals surface area contributed by atoms with Gasteiger partial charge in [0.1, 0.15) is 5.58 Å². The van der Waals surface area contributed by atoms with Crippen molar-refractivity contribution >= 4 is 22.7 Å². The van der Waals surface area contributed by atoms with E-state index in [0.717, 1.165) is 5.39 Å². The Morgan fingerprint density at radius 3 is 2.61 bits per heavy atom. The number of aromatic hydroxyl groups is 1. The molecule has 160 valence electrons. The number of Topliss-reactive ketones (excluding diaryl/α,β-unsaturated/α-hetero) is 1. The number of aliphatic hydroxyl groups is 1. The summed E-state index contributed by atoms with van der Waals surface area (Å²) < 4.78 is 11.2. The van der Waals surface area contributed by atoms with E-state index in [1.165, 1.54) is 11.0 Å². The second kappa shape index (κ2) is 8.18. The summed E-state index contributed by atoms with van der Waals surface area (Å²) in [5, 5.41) is 21.5. The summed E-state index contributed by atoms with van der Waals surface area (Å²) in [6.07, 6.45) is 0.637. The molecule has 0 radical (unpaired) electrons. The Kier molecular flexibility index (Phi) is 5.42. The Labute approximate surface area is 179 Å². The van der Waals surface area contributed by atoms with Crippen molar-refractivity contribution in [2.75, 3.05) is 13.2 Å². The van der Waals surface area contributed by atoms with Crippen LogP contribution in [-0.4, -0.2) is 40.0 Å². The normalized spacial score (nSPS) is 16.4. The third-order valence-corrected chi connectivity index (χ3v) is 5.26. The van der Waals surface area contributed by atoms with Gasteiger partial charge in [-0.15, -0.1) is 0 Å². The summed E-state index contributed by atoms with van der Waals surface area (Å²) in [5.74, 6) is -1.52. The number of carbonyl (C=O) groups is 2. The molecule has 0 aliphatic carbocycles. The Bertz CT molecular complexity index is 1160. The number of nitrogens with zero attached hydrogens (tertiary/aromatic N) is 1. The van der Waals surface area contributed by atoms with Gasteiger partial charge in [0.15, 0.2) is 23.0 Å². The lowest BCUT2D eigenvalue weighted by molar-refractivity contribution is -0.129. The summed E-state index contributed by atoms with van der Waals surface area (Å²) >= 11 is 0. The summed E-state index contributed by atoms with van der Waals surface area (Å²) in [5.41, 5.74) is 1.04. The van der Waals surface area contributed by atoms with Crippen molar-refractivity contribution in [2.45, 2.75) is 26.3 Å². The van der Waals surface area contributed by atoms with Gasteiger partial charge in [-0.3, -0.25) is 9.59 Å². The fraction of sp³-hybridized carbons (Fsp3) is 0.250. The monoisotopic (exact) mass is 421 g/mol. The van der Waals surface area contributed by atoms with Crippen molar-refractivity contribution in [2.24, 2.45) is 0 Å². The van der Waals surface area contributed by atoms with Gasteiger partial charge in [0.25, 0.3) is 5.91 Å². The van der Waals surface area contributed by atoms with Crippen LogP contribution in [0.4, 0.5) is 0 Å². The number of para-hydroxylation sites is 1. The first-order chi connectivity index (χ1) is 15.0. The van der Waals surface area contributed by atoms with Crippen LogP contribution in [0.15, 0.2) is 64.3 Å². The average molecular weight is 421 g/mol. The van der Waals surface area contributed by atoms with Gasteiger partial charge in [0.05, 0.1) is 18.2 Å². The number of benzene rings is 2. The maximum absolute atomic E-state index is 13.4. The highest BCUT2D eigenvalue weighted by molar-refractivity contribution is 6.16. The van der Waals surface area contributed by atoms with Crippen LogP contribution in [0.25, 0.3) is 11.0 Å². The second-order valence-corrected chi connectivity index (χ2v) is 7.30. The fourth-order valence-electron chi connectivity index (χ4n) is 3.90. The number of hydrogen-bond donors (Lipinski definition) is 2. The van der Waals surface area contributed by atoms with Crippen LogP contribution in [0, 0.1) is 0 Å². The van der Waals surface area contributed by atoms with E-state index in [1.54, 1.807) is 37.3 Å². The molecule has 0 saturated heterocycles. The standard InChI is InChI=1S/C24H23NO6/c1-3-11-25-21(15-9-10-16(26)18(13-15)30-4-2)20(23(28)24(25)29)22(27)19-12-14-7-5-6-8-17(14)31-19/h5-10,12-13,21,26,28H,3-4,11H2,1-2H3. The first-order valence-corrected chi connectivity index (χ1v) is 10.2. The number of ketones is 1. The SMILES string of the molecule is CCCN1C(=O)C(O)=C(C(=O)c2cc3ccccc3o2)C1c1ccc(O)c(OCC)c1. The Morgan fingerprint density at radius 1 is 1.13 bits per heavy atom. The van der Waals surface area contributed by atoms with E-state index in [-0.39, 0.29) is 22.8 Å². The molecule has 0 spiro atoms. The van der Waals surface area contributed by atoms with Gasteiger partial charge in [0.2, 0.25) is 5.78 Å². The minimum Gasteiger partial charge on any atom is -0.504 e. The van der Waals surface area contributed by atoms with Crippen LogP contribution in [0.5, 0.6) is 11.5 Å². The van der Waals surface area contributed by atoms with E-state index in [4.69, 9.17) is 9.15 Å². The van der Waals surface area contributed by atoms with Gasteiger partial charge in [-0.2, -0.15) is 0 Å². The molecule has 4 rings (SSSR count). The molecule has 2 N–H and O–H groups in total. The maximum Gasteiger partial charge on any atom is 0.290 e. The summed E-state index contributed by atoms with van der Waals surface area (Å²) in [6, 6.07) is 12.6. The molecule has 1 aliphatic heterocycles. The van der Waals surface area contributed by atoms with Gasteiger partial charge in [-0.05, 0) is 43.2 Å². The molecule has 2 heterocycles. The number of phenols is 1. The van der Waals surface area contributed by atoms with Crippen molar-refractivity contribution in [1.29, 1.82) is 0 Å². The molecule has 1 aliphatic rings. The number of ether oxygens (including phenoxy) is 1. The van der Waals surface area contributed by atoms with E-state index < -0.39 is 23.5 Å². The zero-order valence-corrected chi connectivity index (χ0v) is 17.3. The highest BCUT2D eigenvalue weighted by Gasteiger charge is 2.44.